The van der Waals surface area contributed by atoms with Gasteiger partial charge < -0.3 is 15.8 Å². The van der Waals surface area contributed by atoms with Crippen molar-refractivity contribution in [1.29, 1.82) is 0 Å². The van der Waals surface area contributed by atoms with E-state index < -0.39 is 5.82 Å². The summed E-state index contributed by atoms with van der Waals surface area (Å²) < 4.78 is 13.4. The molecule has 0 saturated carbocycles. The molecule has 1 aromatic carbocycles. The maximum Gasteiger partial charge on any atom is 0.253 e. The van der Waals surface area contributed by atoms with Crippen molar-refractivity contribution >= 4 is 11.7 Å². The number of nitrogens with two attached hydrogens (primary N) is 1. The van der Waals surface area contributed by atoms with Crippen LogP contribution in [0.15, 0.2) is 23.4 Å². The molecule has 1 unspecified atom stereocenters. The molecule has 0 aliphatic rings. The number of amides is 1. The van der Waals surface area contributed by atoms with Crippen LogP contribution in [0.5, 0.6) is 0 Å². The molecule has 0 aliphatic heterocycles. The Kier molecular flexibility index (Phi) is 4.86. The van der Waals surface area contributed by atoms with Gasteiger partial charge in [0.1, 0.15) is 11.7 Å². The highest BCUT2D eigenvalue weighted by atomic mass is 19.1. The van der Waals surface area contributed by atoms with E-state index in [2.05, 4.69) is 5.16 Å². The SMILES string of the molecule is Cc1ccc(C(=O)N(C)C(C)CC(N)=NO)cc1F. The highest BCUT2D eigenvalue weighted by Gasteiger charge is 2.19. The number of hydrogen-bond donors (Lipinski definition) is 2. The van der Waals surface area contributed by atoms with E-state index in [1.165, 1.54) is 11.0 Å². The first-order valence-electron chi connectivity index (χ1n) is 5.86. The van der Waals surface area contributed by atoms with Crippen molar-refractivity contribution in [1.82, 2.24) is 4.90 Å². The van der Waals surface area contributed by atoms with Crippen LogP contribution in [-0.2, 0) is 0 Å². The van der Waals surface area contributed by atoms with E-state index in [1.54, 1.807) is 33.0 Å². The van der Waals surface area contributed by atoms with E-state index in [-0.39, 0.29) is 29.8 Å². The summed E-state index contributed by atoms with van der Waals surface area (Å²) >= 11 is 0. The van der Waals surface area contributed by atoms with Gasteiger partial charge in [-0.05, 0) is 31.5 Å². The van der Waals surface area contributed by atoms with Gasteiger partial charge in [0.25, 0.3) is 5.91 Å². The molecule has 1 amide bonds. The number of carbonyl (C=O) groups is 1. The molecular weight excluding hydrogens is 249 g/mol. The summed E-state index contributed by atoms with van der Waals surface area (Å²) in [5.41, 5.74) is 6.16. The number of amidine groups is 1. The number of benzene rings is 1. The fourth-order valence-electron chi connectivity index (χ4n) is 1.61. The van der Waals surface area contributed by atoms with Gasteiger partial charge in [-0.15, -0.1) is 0 Å². The number of nitrogens with zero attached hydrogens (tertiary/aromatic N) is 2. The minimum Gasteiger partial charge on any atom is -0.409 e. The Bertz CT molecular complexity index is 503. The highest BCUT2D eigenvalue weighted by Crippen LogP contribution is 2.13. The Hall–Kier alpha value is -2.11. The molecule has 19 heavy (non-hydrogen) atoms. The van der Waals surface area contributed by atoms with Crippen LogP contribution in [0.1, 0.15) is 29.3 Å². The van der Waals surface area contributed by atoms with Crippen LogP contribution in [-0.4, -0.2) is 34.9 Å². The predicted molar refractivity (Wildman–Crippen MR) is 70.7 cm³/mol. The van der Waals surface area contributed by atoms with Crippen molar-refractivity contribution in [2.45, 2.75) is 26.3 Å². The number of oxime groups is 1. The molecule has 3 N–H and O–H groups in total. The highest BCUT2D eigenvalue weighted by molar-refractivity contribution is 5.94. The van der Waals surface area contributed by atoms with Crippen molar-refractivity contribution in [3.63, 3.8) is 0 Å². The van der Waals surface area contributed by atoms with Gasteiger partial charge >= 0.3 is 0 Å². The molecule has 0 spiro atoms. The summed E-state index contributed by atoms with van der Waals surface area (Å²) in [7, 11) is 1.59. The summed E-state index contributed by atoms with van der Waals surface area (Å²) in [4.78, 5) is 13.6. The lowest BCUT2D eigenvalue weighted by Crippen LogP contribution is -2.37. The maximum absolute atomic E-state index is 13.4. The van der Waals surface area contributed by atoms with Gasteiger partial charge in [0.15, 0.2) is 0 Å². The summed E-state index contributed by atoms with van der Waals surface area (Å²) in [6, 6.07) is 4.09. The molecule has 6 heteroatoms. The first-order chi connectivity index (χ1) is 8.86. The van der Waals surface area contributed by atoms with E-state index >= 15 is 0 Å². The zero-order valence-corrected chi connectivity index (χ0v) is 11.2. The summed E-state index contributed by atoms with van der Waals surface area (Å²) in [5.74, 6) is -0.678. The lowest BCUT2D eigenvalue weighted by atomic mass is 10.1. The fourth-order valence-corrected chi connectivity index (χ4v) is 1.61. The first kappa shape index (κ1) is 14.9. The number of halogens is 1. The maximum atomic E-state index is 13.4. The number of carbonyl (C=O) groups excluding carboxylic acids is 1. The van der Waals surface area contributed by atoms with E-state index in [9.17, 15) is 9.18 Å². The van der Waals surface area contributed by atoms with Gasteiger partial charge in [-0.25, -0.2) is 4.39 Å². The zero-order chi connectivity index (χ0) is 14.6. The Morgan fingerprint density at radius 1 is 1.58 bits per heavy atom. The molecule has 0 heterocycles. The molecule has 0 radical (unpaired) electrons. The molecule has 104 valence electrons. The average Bonchev–Trinajstić information content (AvgIpc) is 2.39. The largest absolute Gasteiger partial charge is 0.409 e. The monoisotopic (exact) mass is 267 g/mol. The van der Waals surface area contributed by atoms with E-state index in [0.29, 0.717) is 5.56 Å². The Morgan fingerprint density at radius 2 is 2.21 bits per heavy atom. The normalized spacial score (nSPS) is 13.2. The van der Waals surface area contributed by atoms with E-state index in [0.717, 1.165) is 0 Å². The minimum absolute atomic E-state index is 0.0437. The molecule has 0 saturated heterocycles. The molecule has 1 aromatic rings. The smallest absolute Gasteiger partial charge is 0.253 e. The topological polar surface area (TPSA) is 78.9 Å². The van der Waals surface area contributed by atoms with Gasteiger partial charge in [0.05, 0.1) is 0 Å². The minimum atomic E-state index is -0.414. The lowest BCUT2D eigenvalue weighted by Gasteiger charge is -2.24. The van der Waals surface area contributed by atoms with Crippen LogP contribution in [0.25, 0.3) is 0 Å². The second kappa shape index (κ2) is 6.17. The van der Waals surface area contributed by atoms with E-state index in [1.807, 2.05) is 0 Å². The van der Waals surface area contributed by atoms with Gasteiger partial charge in [-0.3, -0.25) is 4.79 Å². The van der Waals surface area contributed by atoms with Crippen molar-refractivity contribution in [2.24, 2.45) is 10.9 Å². The van der Waals surface area contributed by atoms with Crippen molar-refractivity contribution in [3.05, 3.63) is 35.1 Å². The Labute approximate surface area is 111 Å². The van der Waals surface area contributed by atoms with Gasteiger partial charge in [0, 0.05) is 25.1 Å². The van der Waals surface area contributed by atoms with Crippen LogP contribution >= 0.6 is 0 Å². The van der Waals surface area contributed by atoms with Crippen LogP contribution in [0.3, 0.4) is 0 Å². The van der Waals surface area contributed by atoms with Crippen LogP contribution in [0.4, 0.5) is 4.39 Å². The van der Waals surface area contributed by atoms with Crippen molar-refractivity contribution < 1.29 is 14.4 Å². The second-order valence-corrected chi connectivity index (χ2v) is 4.52. The number of hydrogen-bond acceptors (Lipinski definition) is 3. The summed E-state index contributed by atoms with van der Waals surface area (Å²) in [6.07, 6.45) is 0.243. The predicted octanol–water partition coefficient (Wildman–Crippen LogP) is 1.73. The molecule has 0 bridgehead atoms. The molecule has 1 atom stereocenters. The van der Waals surface area contributed by atoms with Gasteiger partial charge in [-0.1, -0.05) is 11.2 Å². The molecule has 0 fully saturated rings. The second-order valence-electron chi connectivity index (χ2n) is 4.52. The summed E-state index contributed by atoms with van der Waals surface area (Å²) in [5, 5.41) is 11.4. The van der Waals surface area contributed by atoms with Crippen LogP contribution in [0, 0.1) is 12.7 Å². The molecule has 5 nitrogen and oxygen atoms in total. The molecule has 0 aliphatic carbocycles. The molecule has 0 aromatic heterocycles. The van der Waals surface area contributed by atoms with Crippen molar-refractivity contribution in [3.8, 4) is 0 Å². The van der Waals surface area contributed by atoms with Gasteiger partial charge in [0.2, 0.25) is 0 Å². The Balaban J connectivity index is 2.84. The first-order valence-corrected chi connectivity index (χ1v) is 5.86. The lowest BCUT2D eigenvalue weighted by molar-refractivity contribution is 0.0746. The zero-order valence-electron chi connectivity index (χ0n) is 11.2. The van der Waals surface area contributed by atoms with Crippen molar-refractivity contribution in [2.75, 3.05) is 7.05 Å². The van der Waals surface area contributed by atoms with Gasteiger partial charge in [-0.2, -0.15) is 0 Å². The molecule has 1 rings (SSSR count). The fraction of sp³-hybridized carbons (Fsp3) is 0.385. The number of aryl methyl sites for hydroxylation is 1. The quantitative estimate of drug-likeness (QED) is 0.377. The third-order valence-corrected chi connectivity index (χ3v) is 3.03. The van der Waals surface area contributed by atoms with Crippen LogP contribution in [0.2, 0.25) is 0 Å². The summed E-state index contributed by atoms with van der Waals surface area (Å²) in [6.45, 7) is 3.40. The van der Waals surface area contributed by atoms with E-state index in [4.69, 9.17) is 10.9 Å². The average molecular weight is 267 g/mol. The third-order valence-electron chi connectivity index (χ3n) is 3.03. The Morgan fingerprint density at radius 3 is 2.74 bits per heavy atom. The number of rotatable bonds is 4. The standard InChI is InChI=1S/C13H18FN3O2/c1-8-4-5-10(7-11(8)14)13(18)17(3)9(2)6-12(15)16-19/h4-5,7,9,19H,6H2,1-3H3,(H2,15,16). The van der Waals surface area contributed by atoms with Crippen LogP contribution < -0.4 is 5.73 Å². The third kappa shape index (κ3) is 3.67. The molecular formula is C13H18FN3O2.